The Morgan fingerprint density at radius 1 is 1.32 bits per heavy atom. The van der Waals surface area contributed by atoms with Crippen molar-refractivity contribution in [3.63, 3.8) is 0 Å². The number of aliphatic carboxylic acids is 1. The number of carboxylic acid groups (broad SMARTS) is 1. The van der Waals surface area contributed by atoms with E-state index in [4.69, 9.17) is 4.74 Å². The van der Waals surface area contributed by atoms with Crippen LogP contribution in [0.25, 0.3) is 0 Å². The van der Waals surface area contributed by atoms with Gasteiger partial charge in [-0.15, -0.1) is 0 Å². The quantitative estimate of drug-likeness (QED) is 0.846. The van der Waals surface area contributed by atoms with Crippen molar-refractivity contribution in [3.05, 3.63) is 22.8 Å². The average Bonchev–Trinajstić information content (AvgIpc) is 2.41. The Morgan fingerprint density at radius 3 is 2.41 bits per heavy atom. The van der Waals surface area contributed by atoms with Crippen LogP contribution < -0.4 is 4.74 Å². The highest BCUT2D eigenvalue weighted by atomic mass is 79.9. The van der Waals surface area contributed by atoms with E-state index < -0.39 is 5.97 Å². The number of nitrogens with zero attached hydrogens (tertiary/aromatic N) is 1. The summed E-state index contributed by atoms with van der Waals surface area (Å²) in [5.41, 5.74) is -0.211. The summed E-state index contributed by atoms with van der Waals surface area (Å²) >= 11 is 3.35. The zero-order valence-electron chi connectivity index (χ0n) is 13.4. The second-order valence-corrected chi connectivity index (χ2v) is 8.07. The van der Waals surface area contributed by atoms with Crippen molar-refractivity contribution in [2.24, 2.45) is 17.3 Å². The summed E-state index contributed by atoms with van der Waals surface area (Å²) < 4.78 is 6.83. The SMILES string of the molecule is CC(C)(C)C(C(=O)O)[C@H]1CC[C@@H](Oc2ccc(Br)cn2)CC1. The van der Waals surface area contributed by atoms with Crippen molar-refractivity contribution in [1.82, 2.24) is 4.98 Å². The molecule has 1 aliphatic carbocycles. The number of carboxylic acids is 1. The van der Waals surface area contributed by atoms with Gasteiger partial charge in [-0.05, 0) is 59.0 Å². The molecule has 0 bridgehead atoms. The van der Waals surface area contributed by atoms with Crippen LogP contribution in [-0.4, -0.2) is 22.2 Å². The first kappa shape index (κ1) is 17.3. The van der Waals surface area contributed by atoms with Gasteiger partial charge in [0.25, 0.3) is 0 Å². The van der Waals surface area contributed by atoms with Gasteiger partial charge < -0.3 is 9.84 Å². The van der Waals surface area contributed by atoms with E-state index in [1.165, 1.54) is 0 Å². The highest BCUT2D eigenvalue weighted by Crippen LogP contribution is 2.40. The molecular weight excluding hydrogens is 346 g/mol. The van der Waals surface area contributed by atoms with Gasteiger partial charge in [0.05, 0.1) is 5.92 Å². The summed E-state index contributed by atoms with van der Waals surface area (Å²) in [4.78, 5) is 15.8. The van der Waals surface area contributed by atoms with Crippen LogP contribution in [0, 0.1) is 17.3 Å². The van der Waals surface area contributed by atoms with Crippen LogP contribution in [0.5, 0.6) is 5.88 Å². The molecule has 1 aromatic heterocycles. The van der Waals surface area contributed by atoms with Crippen molar-refractivity contribution < 1.29 is 14.6 Å². The minimum atomic E-state index is -0.675. The molecule has 4 nitrogen and oxygen atoms in total. The lowest BCUT2D eigenvalue weighted by atomic mass is 9.68. The third-order valence-corrected chi connectivity index (χ3v) is 4.85. The van der Waals surface area contributed by atoms with Gasteiger partial charge in [-0.1, -0.05) is 20.8 Å². The van der Waals surface area contributed by atoms with Crippen LogP contribution in [0.1, 0.15) is 46.5 Å². The fraction of sp³-hybridized carbons (Fsp3) is 0.647. The predicted molar refractivity (Wildman–Crippen MR) is 88.9 cm³/mol. The normalized spacial score (nSPS) is 23.8. The van der Waals surface area contributed by atoms with Crippen LogP contribution in [0.2, 0.25) is 0 Å². The molecular formula is C17H24BrNO3. The maximum atomic E-state index is 11.6. The second kappa shape index (κ2) is 6.99. The fourth-order valence-electron chi connectivity index (χ4n) is 3.42. The van der Waals surface area contributed by atoms with E-state index in [9.17, 15) is 9.90 Å². The first-order chi connectivity index (χ1) is 10.3. The number of hydrogen-bond acceptors (Lipinski definition) is 3. The third kappa shape index (κ3) is 4.45. The molecule has 1 N–H and O–H groups in total. The Kier molecular flexibility index (Phi) is 5.48. The standard InChI is InChI=1S/C17H24BrNO3/c1-17(2,3)15(16(20)21)11-4-7-13(8-5-11)22-14-9-6-12(18)10-19-14/h6,9-11,13,15H,4-5,7-8H2,1-3H3,(H,20,21)/t11-,13+,15?. The predicted octanol–water partition coefficient (Wildman–Crippen LogP) is 4.53. The highest BCUT2D eigenvalue weighted by Gasteiger charge is 2.39. The molecule has 0 aliphatic heterocycles. The molecule has 1 atom stereocenters. The number of aromatic nitrogens is 1. The Balaban J connectivity index is 1.92. The van der Waals surface area contributed by atoms with E-state index in [-0.39, 0.29) is 23.4 Å². The largest absolute Gasteiger partial charge is 0.481 e. The third-order valence-electron chi connectivity index (χ3n) is 4.38. The molecule has 1 aromatic rings. The molecule has 22 heavy (non-hydrogen) atoms. The summed E-state index contributed by atoms with van der Waals surface area (Å²) in [6, 6.07) is 3.76. The number of rotatable bonds is 4. The number of hydrogen-bond donors (Lipinski definition) is 1. The van der Waals surface area contributed by atoms with Gasteiger partial charge in [-0.3, -0.25) is 4.79 Å². The Morgan fingerprint density at radius 2 is 1.95 bits per heavy atom. The Hall–Kier alpha value is -1.10. The van der Waals surface area contributed by atoms with Crippen molar-refractivity contribution in [2.45, 2.75) is 52.6 Å². The number of halogens is 1. The van der Waals surface area contributed by atoms with E-state index in [2.05, 4.69) is 20.9 Å². The summed E-state index contributed by atoms with van der Waals surface area (Å²) in [6.07, 6.45) is 5.44. The zero-order valence-corrected chi connectivity index (χ0v) is 15.0. The van der Waals surface area contributed by atoms with Crippen molar-refractivity contribution >= 4 is 21.9 Å². The fourth-order valence-corrected chi connectivity index (χ4v) is 3.66. The maximum absolute atomic E-state index is 11.6. The Bertz CT molecular complexity index is 502. The lowest BCUT2D eigenvalue weighted by Gasteiger charge is -2.38. The maximum Gasteiger partial charge on any atom is 0.307 e. The van der Waals surface area contributed by atoms with Crippen molar-refractivity contribution in [1.29, 1.82) is 0 Å². The van der Waals surface area contributed by atoms with E-state index in [0.717, 1.165) is 30.2 Å². The molecule has 0 amide bonds. The first-order valence-electron chi connectivity index (χ1n) is 7.78. The second-order valence-electron chi connectivity index (χ2n) is 7.15. The summed E-state index contributed by atoms with van der Waals surface area (Å²) in [7, 11) is 0. The molecule has 5 heteroatoms. The van der Waals surface area contributed by atoms with Crippen LogP contribution in [-0.2, 0) is 4.79 Å². The van der Waals surface area contributed by atoms with E-state index in [1.807, 2.05) is 32.9 Å². The number of pyridine rings is 1. The highest BCUT2D eigenvalue weighted by molar-refractivity contribution is 9.10. The van der Waals surface area contributed by atoms with Crippen LogP contribution in [0.3, 0.4) is 0 Å². The molecule has 0 spiro atoms. The number of carbonyl (C=O) groups is 1. The van der Waals surface area contributed by atoms with Gasteiger partial charge in [-0.25, -0.2) is 4.98 Å². The van der Waals surface area contributed by atoms with Gasteiger partial charge >= 0.3 is 5.97 Å². The van der Waals surface area contributed by atoms with E-state index >= 15 is 0 Å². The topological polar surface area (TPSA) is 59.4 Å². The summed E-state index contributed by atoms with van der Waals surface area (Å²) in [5, 5.41) is 9.54. The van der Waals surface area contributed by atoms with Gasteiger partial charge in [-0.2, -0.15) is 0 Å². The zero-order chi connectivity index (χ0) is 16.3. The average molecular weight is 370 g/mol. The number of ether oxygens (including phenoxy) is 1. The summed E-state index contributed by atoms with van der Waals surface area (Å²) in [6.45, 7) is 6.04. The molecule has 1 saturated carbocycles. The molecule has 1 unspecified atom stereocenters. The monoisotopic (exact) mass is 369 g/mol. The molecule has 0 aromatic carbocycles. The minimum absolute atomic E-state index is 0.138. The van der Waals surface area contributed by atoms with Gasteiger partial charge in [0.1, 0.15) is 6.10 Å². The van der Waals surface area contributed by atoms with Gasteiger partial charge in [0, 0.05) is 16.7 Å². The van der Waals surface area contributed by atoms with Crippen LogP contribution in [0.4, 0.5) is 0 Å². The van der Waals surface area contributed by atoms with Crippen molar-refractivity contribution in [3.8, 4) is 5.88 Å². The molecule has 0 saturated heterocycles. The molecule has 122 valence electrons. The molecule has 1 heterocycles. The van der Waals surface area contributed by atoms with Gasteiger partial charge in [0.2, 0.25) is 5.88 Å². The lowest BCUT2D eigenvalue weighted by molar-refractivity contribution is -0.149. The molecule has 0 radical (unpaired) electrons. The smallest absolute Gasteiger partial charge is 0.307 e. The van der Waals surface area contributed by atoms with E-state index in [0.29, 0.717) is 5.88 Å². The first-order valence-corrected chi connectivity index (χ1v) is 8.57. The Labute approximate surface area is 140 Å². The van der Waals surface area contributed by atoms with E-state index in [1.54, 1.807) is 6.20 Å². The molecule has 2 rings (SSSR count). The van der Waals surface area contributed by atoms with Crippen LogP contribution in [0.15, 0.2) is 22.8 Å². The summed E-state index contributed by atoms with van der Waals surface area (Å²) in [5.74, 6) is -0.0989. The molecule has 1 fully saturated rings. The lowest BCUT2D eigenvalue weighted by Crippen LogP contribution is -2.38. The minimum Gasteiger partial charge on any atom is -0.481 e. The van der Waals surface area contributed by atoms with Crippen LogP contribution >= 0.6 is 15.9 Å². The van der Waals surface area contributed by atoms with Gasteiger partial charge in [0.15, 0.2) is 0 Å². The molecule has 1 aliphatic rings. The van der Waals surface area contributed by atoms with Crippen molar-refractivity contribution in [2.75, 3.05) is 0 Å².